The Balaban J connectivity index is 0.768. The normalized spacial score (nSPS) is 23.7. The molecule has 0 radical (unpaired) electrons. The van der Waals surface area contributed by atoms with Gasteiger partial charge in [-0.1, -0.05) is 37.1 Å². The number of alkyl halides is 2. The van der Waals surface area contributed by atoms with Crippen molar-refractivity contribution in [1.82, 2.24) is 25.3 Å². The molecule has 4 N–H and O–H groups in total. The van der Waals surface area contributed by atoms with Crippen molar-refractivity contribution in [3.05, 3.63) is 93.9 Å². The summed E-state index contributed by atoms with van der Waals surface area (Å²) in [6.45, 7) is 1.45. The second-order valence-corrected chi connectivity index (χ2v) is 21.1. The van der Waals surface area contributed by atoms with E-state index >= 15 is 0 Å². The van der Waals surface area contributed by atoms with E-state index in [4.69, 9.17) is 14.2 Å². The Morgan fingerprint density at radius 3 is 2.46 bits per heavy atom. The number of piperidine rings is 1. The molecule has 1 aromatic heterocycles. The summed E-state index contributed by atoms with van der Waals surface area (Å²) >= 11 is 0.984. The molecule has 0 aliphatic carbocycles. The lowest BCUT2D eigenvalue weighted by Gasteiger charge is -2.36. The van der Waals surface area contributed by atoms with Gasteiger partial charge in [0.1, 0.15) is 42.8 Å². The fourth-order valence-electron chi connectivity index (χ4n) is 10.4. The predicted octanol–water partition coefficient (Wildman–Crippen LogP) is 5.16. The highest BCUT2D eigenvalue weighted by molar-refractivity contribution is 7.52. The number of hydrogen-bond acceptors (Lipinski definition) is 12. The molecule has 5 aliphatic heterocycles. The number of ether oxygens (including phenoxy) is 3. The number of amides is 6. The standard InChI is InChI=1S/C49H51F2N6O12PS/c50-49(51,70(64,65)66)31-11-15-41-29(21-31)23-42(71-41)45(60)53-37-9-2-1-6-32-12-13-39(57(32)47(37)62)48(63)55-25-30(24-52)35(26-55)28-5-3-7-33(22-28)68-19-17-67-18-20-69-40-10-4-8-34-36(40)27-56(46(34)61)38-14-16-43(58)54-44(38)59/h3-5,7-8,10-11,15,21-23,30,32,35,37-39H,1-2,6,9,12-14,16-20,25-27H2,(H,53,60)(H,54,58,59)(H2,64,65,66)/t30-,32+,35?,37?,38?,39+/m1/s1. The van der Waals surface area contributed by atoms with Crippen LogP contribution < -0.4 is 20.1 Å². The van der Waals surface area contributed by atoms with Crippen molar-refractivity contribution in [2.75, 3.05) is 39.5 Å². The minimum Gasteiger partial charge on any atom is -0.491 e. The minimum atomic E-state index is -5.81. The van der Waals surface area contributed by atoms with Crippen molar-refractivity contribution >= 4 is 64.5 Å². The van der Waals surface area contributed by atoms with Crippen LogP contribution in [-0.4, -0.2) is 124 Å². The lowest BCUT2D eigenvalue weighted by Crippen LogP contribution is -2.56. The Hall–Kier alpha value is -6.30. The van der Waals surface area contributed by atoms with Gasteiger partial charge in [0.25, 0.3) is 11.8 Å². The number of thiophene rings is 1. The zero-order valence-corrected chi connectivity index (χ0v) is 40.0. The molecule has 22 heteroatoms. The number of halogens is 2. The van der Waals surface area contributed by atoms with Gasteiger partial charge >= 0.3 is 13.3 Å². The molecule has 6 heterocycles. The molecule has 6 atom stereocenters. The Kier molecular flexibility index (Phi) is 14.3. The summed E-state index contributed by atoms with van der Waals surface area (Å²) in [6, 6.07) is 16.6. The number of nitriles is 1. The van der Waals surface area contributed by atoms with Crippen molar-refractivity contribution in [2.24, 2.45) is 5.92 Å². The largest absolute Gasteiger partial charge is 0.491 e. The average Bonchev–Trinajstić information content (AvgIpc) is 4.15. The first-order valence-corrected chi connectivity index (χ1v) is 25.9. The molecule has 3 unspecified atom stereocenters. The number of benzene rings is 3. The highest BCUT2D eigenvalue weighted by Crippen LogP contribution is 2.59. The summed E-state index contributed by atoms with van der Waals surface area (Å²) in [7, 11) is -5.81. The number of rotatable bonds is 15. The van der Waals surface area contributed by atoms with Gasteiger partial charge in [-0.3, -0.25) is 38.6 Å². The van der Waals surface area contributed by atoms with Crippen molar-refractivity contribution in [3.8, 4) is 17.6 Å². The first kappa shape index (κ1) is 49.7. The van der Waals surface area contributed by atoms with Crippen LogP contribution in [-0.2, 0) is 40.7 Å². The van der Waals surface area contributed by atoms with E-state index in [1.165, 1.54) is 17.0 Å². The maximum absolute atomic E-state index is 14.5. The Labute approximate surface area is 410 Å². The van der Waals surface area contributed by atoms with Crippen LogP contribution in [0.3, 0.4) is 0 Å². The quantitative estimate of drug-likeness (QED) is 0.0684. The summed E-state index contributed by atoms with van der Waals surface area (Å²) in [5, 5.41) is 15.6. The second kappa shape index (κ2) is 20.4. The molecule has 4 aromatic rings. The summed E-state index contributed by atoms with van der Waals surface area (Å²) < 4.78 is 58.5. The summed E-state index contributed by atoms with van der Waals surface area (Å²) in [4.78, 5) is 103. The average molecular weight is 1020 g/mol. The highest BCUT2D eigenvalue weighted by Gasteiger charge is 2.51. The van der Waals surface area contributed by atoms with E-state index in [1.807, 2.05) is 18.2 Å². The van der Waals surface area contributed by atoms with Gasteiger partial charge in [-0.25, -0.2) is 0 Å². The molecule has 4 saturated heterocycles. The lowest BCUT2D eigenvalue weighted by molar-refractivity contribution is -0.146. The number of fused-ring (bicyclic) bond motifs is 3. The van der Waals surface area contributed by atoms with Gasteiger partial charge in [0.05, 0.1) is 36.6 Å². The number of likely N-dealkylation sites (tertiary alicyclic amines) is 1. The maximum atomic E-state index is 14.5. The summed E-state index contributed by atoms with van der Waals surface area (Å²) in [5.41, 5.74) is -3.38. The number of nitrogens with zero attached hydrogens (tertiary/aromatic N) is 4. The molecule has 0 spiro atoms. The van der Waals surface area contributed by atoms with Crippen molar-refractivity contribution in [2.45, 2.75) is 93.7 Å². The van der Waals surface area contributed by atoms with E-state index in [0.29, 0.717) is 59.4 Å². The van der Waals surface area contributed by atoms with E-state index < -0.39 is 60.6 Å². The van der Waals surface area contributed by atoms with Crippen LogP contribution in [0, 0.1) is 17.2 Å². The van der Waals surface area contributed by atoms with Crippen LogP contribution in [0.5, 0.6) is 11.5 Å². The van der Waals surface area contributed by atoms with E-state index in [-0.39, 0.29) is 98.8 Å². The number of imide groups is 1. The molecular weight excluding hydrogens is 966 g/mol. The topological polar surface area (TPSA) is 245 Å². The maximum Gasteiger partial charge on any atom is 0.399 e. The first-order chi connectivity index (χ1) is 34.0. The molecular formula is C49H51F2N6O12PS. The van der Waals surface area contributed by atoms with E-state index in [1.54, 1.807) is 34.1 Å². The van der Waals surface area contributed by atoms with Gasteiger partial charge in [-0.2, -0.15) is 14.0 Å². The second-order valence-electron chi connectivity index (χ2n) is 18.4. The third-order valence-electron chi connectivity index (χ3n) is 14.0. The van der Waals surface area contributed by atoms with Gasteiger partial charge in [0.2, 0.25) is 23.6 Å². The van der Waals surface area contributed by atoms with Crippen molar-refractivity contribution in [3.63, 3.8) is 0 Å². The zero-order valence-electron chi connectivity index (χ0n) is 38.3. The summed E-state index contributed by atoms with van der Waals surface area (Å²) in [5.74, 6) is -2.22. The smallest absolute Gasteiger partial charge is 0.399 e. The third-order valence-corrected chi connectivity index (χ3v) is 16.1. The van der Waals surface area contributed by atoms with Crippen molar-refractivity contribution in [1.29, 1.82) is 5.26 Å². The van der Waals surface area contributed by atoms with Gasteiger partial charge in [-0.05, 0) is 85.5 Å². The number of carbonyl (C=O) groups excluding carboxylic acids is 6. The third kappa shape index (κ3) is 10.1. The van der Waals surface area contributed by atoms with Crippen LogP contribution in [0.15, 0.2) is 66.7 Å². The SMILES string of the molecule is N#C[C@@H]1CN(C(=O)[C@@H]2CC[C@@H]3CCCCC(NC(=O)c4cc5cc(C(F)(F)P(=O)(O)O)ccc5s4)C(=O)N32)CC1c1cccc(OCCOCCOc2cccc3c2CN(C2CCC(=O)NC2=O)C3=O)c1. The van der Waals surface area contributed by atoms with Gasteiger partial charge in [0.15, 0.2) is 0 Å². The fraction of sp³-hybridized carbons (Fsp3) is 0.449. The van der Waals surface area contributed by atoms with Crippen LogP contribution in [0.4, 0.5) is 8.78 Å². The van der Waals surface area contributed by atoms with Crippen molar-refractivity contribution < 1.29 is 66.1 Å². The van der Waals surface area contributed by atoms with Crippen LogP contribution in [0.1, 0.15) is 94.0 Å². The summed E-state index contributed by atoms with van der Waals surface area (Å²) in [6.07, 6.45) is 3.85. The molecule has 4 fully saturated rings. The van der Waals surface area contributed by atoms with E-state index in [9.17, 15) is 57.2 Å². The molecule has 71 heavy (non-hydrogen) atoms. The van der Waals surface area contributed by atoms with Gasteiger partial charge in [0, 0.05) is 52.9 Å². The van der Waals surface area contributed by atoms with Crippen LogP contribution in [0.25, 0.3) is 10.1 Å². The molecule has 374 valence electrons. The van der Waals surface area contributed by atoms with E-state index in [2.05, 4.69) is 16.7 Å². The molecule has 5 aliphatic rings. The molecule has 6 amide bonds. The van der Waals surface area contributed by atoms with Gasteiger partial charge < -0.3 is 44.0 Å². The molecule has 9 rings (SSSR count). The monoisotopic (exact) mass is 1020 g/mol. The molecule has 18 nitrogen and oxygen atoms in total. The minimum absolute atomic E-state index is 0.115. The van der Waals surface area contributed by atoms with E-state index in [0.717, 1.165) is 35.5 Å². The zero-order chi connectivity index (χ0) is 50.2. The Bertz CT molecular complexity index is 2870. The van der Waals surface area contributed by atoms with Crippen LogP contribution in [0.2, 0.25) is 0 Å². The molecule has 0 bridgehead atoms. The molecule has 3 aromatic carbocycles. The van der Waals surface area contributed by atoms with Crippen LogP contribution >= 0.6 is 18.9 Å². The molecule has 0 saturated carbocycles. The Morgan fingerprint density at radius 1 is 0.915 bits per heavy atom. The highest BCUT2D eigenvalue weighted by atomic mass is 32.1. The predicted molar refractivity (Wildman–Crippen MR) is 250 cm³/mol. The first-order valence-electron chi connectivity index (χ1n) is 23.5. The number of nitrogens with one attached hydrogen (secondary N) is 2. The van der Waals surface area contributed by atoms with Gasteiger partial charge in [-0.15, -0.1) is 11.3 Å². The fourth-order valence-corrected chi connectivity index (χ4v) is 11.8. The lowest BCUT2D eigenvalue weighted by atomic mass is 9.90. The number of carbonyl (C=O) groups is 6. The number of hydrogen-bond donors (Lipinski definition) is 4. The Morgan fingerprint density at radius 2 is 1.69 bits per heavy atom.